The zero-order valence-electron chi connectivity index (χ0n) is 12.8. The molecule has 0 amide bonds. The number of benzene rings is 1. The molecule has 1 aromatic carbocycles. The van der Waals surface area contributed by atoms with Crippen LogP contribution in [0.3, 0.4) is 0 Å². The molecule has 3 nitrogen and oxygen atoms in total. The van der Waals surface area contributed by atoms with Gasteiger partial charge in [-0.3, -0.25) is 4.99 Å². The maximum absolute atomic E-state index is 12.5. The van der Waals surface area contributed by atoms with Crippen molar-refractivity contribution in [2.75, 3.05) is 0 Å². The first-order valence-electron chi connectivity index (χ1n) is 6.76. The van der Waals surface area contributed by atoms with Crippen molar-refractivity contribution < 1.29 is 17.9 Å². The molecule has 0 radical (unpaired) electrons. The van der Waals surface area contributed by atoms with E-state index in [1.54, 1.807) is 19.1 Å². The van der Waals surface area contributed by atoms with Crippen molar-refractivity contribution in [2.45, 2.75) is 39.5 Å². The van der Waals surface area contributed by atoms with Crippen molar-refractivity contribution >= 4 is 12.4 Å². The van der Waals surface area contributed by atoms with Crippen molar-refractivity contribution in [1.29, 1.82) is 0 Å². The maximum Gasteiger partial charge on any atom is 0.260 e. The summed E-state index contributed by atoms with van der Waals surface area (Å²) in [6.07, 6.45) is -0.853. The molecule has 1 rings (SSSR count). The van der Waals surface area contributed by atoms with Gasteiger partial charge in [-0.25, -0.2) is 18.2 Å². The number of ether oxygens (including phenoxy) is 1. The minimum atomic E-state index is -2.52. The second kappa shape index (κ2) is 8.36. The summed E-state index contributed by atoms with van der Waals surface area (Å²) in [5, 5.41) is 0. The molecule has 0 fully saturated rings. The second-order valence-corrected chi connectivity index (χ2v) is 4.84. The predicted molar refractivity (Wildman–Crippen MR) is 83.1 cm³/mol. The first-order chi connectivity index (χ1) is 10.3. The largest absolute Gasteiger partial charge is 0.468 e. The average molecular weight is 312 g/mol. The Bertz CT molecular complexity index is 571. The molecule has 0 N–H and O–H groups in total. The Kier molecular flexibility index (Phi) is 6.82. The number of nitrogens with zero attached hydrogens (tertiary/aromatic N) is 2. The fourth-order valence-corrected chi connectivity index (χ4v) is 1.54. The van der Waals surface area contributed by atoms with E-state index in [4.69, 9.17) is 4.74 Å². The Morgan fingerprint density at radius 1 is 1.27 bits per heavy atom. The molecule has 22 heavy (non-hydrogen) atoms. The molecular weight excluding hydrogens is 293 g/mol. The third kappa shape index (κ3) is 6.11. The topological polar surface area (TPSA) is 34.0 Å². The van der Waals surface area contributed by atoms with Gasteiger partial charge >= 0.3 is 0 Å². The molecule has 0 aliphatic rings. The number of rotatable bonds is 7. The molecule has 0 aliphatic carbocycles. The van der Waals surface area contributed by atoms with Crippen LogP contribution in [-0.4, -0.2) is 31.1 Å². The standard InChI is InChI=1S/C16H19F3N2O/c1-10-5-6-15(22-13(4)21-8-11(2)17)14(7-10)9-20-12(3)16(18)19/h5-9,12-13,16H,2H2,1,3-4H3/b20-9?,21-8-. The number of aryl methyl sites for hydroxylation is 1. The Balaban J connectivity index is 2.93. The smallest absolute Gasteiger partial charge is 0.260 e. The fraction of sp³-hybridized carbons (Fsp3) is 0.375. The number of alkyl halides is 2. The van der Waals surface area contributed by atoms with E-state index >= 15 is 0 Å². The predicted octanol–water partition coefficient (Wildman–Crippen LogP) is 4.35. The van der Waals surface area contributed by atoms with E-state index in [1.165, 1.54) is 13.1 Å². The highest BCUT2D eigenvalue weighted by molar-refractivity contribution is 5.84. The molecule has 0 saturated heterocycles. The van der Waals surface area contributed by atoms with Crippen LogP contribution in [0.2, 0.25) is 0 Å². The summed E-state index contributed by atoms with van der Waals surface area (Å²) in [5.74, 6) is -0.239. The Morgan fingerprint density at radius 3 is 2.55 bits per heavy atom. The Morgan fingerprint density at radius 2 is 1.95 bits per heavy atom. The fourth-order valence-electron chi connectivity index (χ4n) is 1.54. The molecule has 0 heterocycles. The molecule has 2 atom stereocenters. The van der Waals surface area contributed by atoms with E-state index in [0.717, 1.165) is 11.8 Å². The third-order valence-corrected chi connectivity index (χ3v) is 2.70. The van der Waals surface area contributed by atoms with Crippen LogP contribution >= 0.6 is 0 Å². The minimum absolute atomic E-state index is 0.435. The van der Waals surface area contributed by atoms with E-state index in [-0.39, 0.29) is 0 Å². The molecule has 0 bridgehead atoms. The van der Waals surface area contributed by atoms with Gasteiger partial charge in [0.1, 0.15) is 17.6 Å². The summed E-state index contributed by atoms with van der Waals surface area (Å²) >= 11 is 0. The zero-order chi connectivity index (χ0) is 16.7. The van der Waals surface area contributed by atoms with E-state index in [2.05, 4.69) is 16.6 Å². The van der Waals surface area contributed by atoms with Gasteiger partial charge in [-0.1, -0.05) is 18.2 Å². The van der Waals surface area contributed by atoms with Gasteiger partial charge in [0.05, 0.1) is 6.21 Å². The van der Waals surface area contributed by atoms with Crippen molar-refractivity contribution in [2.24, 2.45) is 9.98 Å². The van der Waals surface area contributed by atoms with Crippen molar-refractivity contribution in [3.8, 4) is 5.75 Å². The van der Waals surface area contributed by atoms with Gasteiger partial charge in [-0.15, -0.1) is 0 Å². The highest BCUT2D eigenvalue weighted by Crippen LogP contribution is 2.20. The SMILES string of the molecule is C=C(F)/C=N\C(C)Oc1ccc(C)cc1C=NC(C)C(F)F. The summed E-state index contributed by atoms with van der Waals surface area (Å²) in [4.78, 5) is 7.63. The van der Waals surface area contributed by atoms with E-state index < -0.39 is 24.5 Å². The summed E-state index contributed by atoms with van der Waals surface area (Å²) < 4.78 is 43.1. The summed E-state index contributed by atoms with van der Waals surface area (Å²) in [5.41, 5.74) is 1.50. The molecule has 6 heteroatoms. The first-order valence-corrected chi connectivity index (χ1v) is 6.76. The molecular formula is C16H19F3N2O. The highest BCUT2D eigenvalue weighted by atomic mass is 19.3. The van der Waals surface area contributed by atoms with Crippen LogP contribution < -0.4 is 4.74 Å². The van der Waals surface area contributed by atoms with Gasteiger partial charge < -0.3 is 4.74 Å². The monoisotopic (exact) mass is 312 g/mol. The van der Waals surface area contributed by atoms with Crippen LogP contribution in [0.5, 0.6) is 5.75 Å². The molecule has 0 saturated carbocycles. The van der Waals surface area contributed by atoms with Crippen LogP contribution in [0.15, 0.2) is 40.6 Å². The Labute approximate surface area is 128 Å². The molecule has 120 valence electrons. The number of halogens is 3. The zero-order valence-corrected chi connectivity index (χ0v) is 12.8. The lowest BCUT2D eigenvalue weighted by atomic mass is 10.1. The third-order valence-electron chi connectivity index (χ3n) is 2.70. The van der Waals surface area contributed by atoms with E-state index in [1.807, 2.05) is 13.0 Å². The quantitative estimate of drug-likeness (QED) is 0.689. The number of hydrogen-bond acceptors (Lipinski definition) is 3. The normalized spacial score (nSPS) is 14.7. The van der Waals surface area contributed by atoms with Crippen molar-refractivity contribution in [1.82, 2.24) is 0 Å². The van der Waals surface area contributed by atoms with Crippen LogP contribution in [0.25, 0.3) is 0 Å². The van der Waals surface area contributed by atoms with Crippen LogP contribution in [0.1, 0.15) is 25.0 Å². The first kappa shape index (κ1) is 17.9. The lowest BCUT2D eigenvalue weighted by Crippen LogP contribution is -2.12. The van der Waals surface area contributed by atoms with Gasteiger partial charge in [0.2, 0.25) is 0 Å². The van der Waals surface area contributed by atoms with Gasteiger partial charge in [-0.2, -0.15) is 0 Å². The molecule has 0 aliphatic heterocycles. The summed E-state index contributed by atoms with van der Waals surface area (Å²) in [6.45, 7) is 7.89. The molecule has 2 unspecified atom stereocenters. The summed E-state index contributed by atoms with van der Waals surface area (Å²) in [6, 6.07) is 4.17. The molecule has 1 aromatic rings. The van der Waals surface area contributed by atoms with E-state index in [0.29, 0.717) is 11.3 Å². The maximum atomic E-state index is 12.5. The van der Waals surface area contributed by atoms with Crippen LogP contribution in [-0.2, 0) is 0 Å². The molecule has 0 aromatic heterocycles. The number of allylic oxidation sites excluding steroid dienone is 1. The van der Waals surface area contributed by atoms with Crippen LogP contribution in [0.4, 0.5) is 13.2 Å². The number of aliphatic imine (C=N–C) groups is 2. The molecule has 0 spiro atoms. The minimum Gasteiger partial charge on any atom is -0.468 e. The van der Waals surface area contributed by atoms with Crippen LogP contribution in [0, 0.1) is 6.92 Å². The van der Waals surface area contributed by atoms with Gasteiger partial charge in [0, 0.05) is 11.8 Å². The Hall–Kier alpha value is -2.11. The lowest BCUT2D eigenvalue weighted by Gasteiger charge is -2.13. The van der Waals surface area contributed by atoms with Gasteiger partial charge in [-0.05, 0) is 32.9 Å². The van der Waals surface area contributed by atoms with E-state index in [9.17, 15) is 13.2 Å². The van der Waals surface area contributed by atoms with Gasteiger partial charge in [0.25, 0.3) is 6.43 Å². The van der Waals surface area contributed by atoms with Gasteiger partial charge in [0.15, 0.2) is 6.23 Å². The van der Waals surface area contributed by atoms with Crippen molar-refractivity contribution in [3.05, 3.63) is 41.7 Å². The average Bonchev–Trinajstić information content (AvgIpc) is 2.44. The highest BCUT2D eigenvalue weighted by Gasteiger charge is 2.12. The second-order valence-electron chi connectivity index (χ2n) is 4.84. The summed E-state index contributed by atoms with van der Waals surface area (Å²) in [7, 11) is 0. The number of hydrogen-bond donors (Lipinski definition) is 0. The lowest BCUT2D eigenvalue weighted by molar-refractivity contribution is 0.124. The van der Waals surface area contributed by atoms with Crippen molar-refractivity contribution in [3.63, 3.8) is 0 Å².